The maximum Gasteiger partial charge on any atom is 0.0916 e. The van der Waals surface area contributed by atoms with E-state index < -0.39 is 0 Å². The third kappa shape index (κ3) is 3.45. The quantitative estimate of drug-likeness (QED) is 0.826. The van der Waals surface area contributed by atoms with Crippen molar-refractivity contribution in [2.24, 2.45) is 0 Å². The highest BCUT2D eigenvalue weighted by Gasteiger charge is 2.20. The molecule has 2 aromatic rings. The Kier molecular flexibility index (Phi) is 5.68. The number of rotatable bonds is 7. The molecule has 0 saturated heterocycles. The van der Waals surface area contributed by atoms with Crippen LogP contribution in [0.4, 0.5) is 0 Å². The molecule has 0 aliphatic rings. The second-order valence-electron chi connectivity index (χ2n) is 4.70. The van der Waals surface area contributed by atoms with Gasteiger partial charge in [0.2, 0.25) is 0 Å². The SMILES string of the molecule is CCCNC(Cc1c(Br)c(C)nn1CC)c1cnsn1. The summed E-state index contributed by atoms with van der Waals surface area (Å²) >= 11 is 4.91. The van der Waals surface area contributed by atoms with Crippen molar-refractivity contribution in [2.75, 3.05) is 6.54 Å². The molecule has 110 valence electrons. The Balaban J connectivity index is 2.23. The molecule has 0 aliphatic heterocycles. The Hall–Kier alpha value is -0.790. The number of hydrogen-bond donors (Lipinski definition) is 1. The lowest BCUT2D eigenvalue weighted by Gasteiger charge is -2.17. The fourth-order valence-corrected chi connectivity index (χ4v) is 3.10. The summed E-state index contributed by atoms with van der Waals surface area (Å²) in [6.07, 6.45) is 3.81. The summed E-state index contributed by atoms with van der Waals surface area (Å²) in [6.45, 7) is 8.15. The van der Waals surface area contributed by atoms with Gasteiger partial charge in [0.25, 0.3) is 0 Å². The third-order valence-corrected chi connectivity index (χ3v) is 4.75. The van der Waals surface area contributed by atoms with Crippen molar-refractivity contribution in [3.05, 3.63) is 27.8 Å². The molecule has 1 N–H and O–H groups in total. The van der Waals surface area contributed by atoms with Crippen LogP contribution in [0.2, 0.25) is 0 Å². The number of halogens is 1. The predicted octanol–water partition coefficient (Wildman–Crippen LogP) is 3.11. The van der Waals surface area contributed by atoms with Crippen molar-refractivity contribution in [3.8, 4) is 0 Å². The fraction of sp³-hybridized carbons (Fsp3) is 0.615. The molecular weight excluding hydrogens is 338 g/mol. The first kappa shape index (κ1) is 15.6. The molecule has 2 aromatic heterocycles. The Morgan fingerprint density at radius 1 is 1.45 bits per heavy atom. The zero-order valence-electron chi connectivity index (χ0n) is 12.1. The predicted molar refractivity (Wildman–Crippen MR) is 85.0 cm³/mol. The van der Waals surface area contributed by atoms with Gasteiger partial charge in [0.05, 0.1) is 45.5 Å². The van der Waals surface area contributed by atoms with Gasteiger partial charge in [-0.05, 0) is 42.7 Å². The first-order chi connectivity index (χ1) is 9.67. The van der Waals surface area contributed by atoms with Gasteiger partial charge >= 0.3 is 0 Å². The number of aromatic nitrogens is 4. The van der Waals surface area contributed by atoms with E-state index in [-0.39, 0.29) is 6.04 Å². The largest absolute Gasteiger partial charge is 0.308 e. The van der Waals surface area contributed by atoms with Crippen molar-refractivity contribution < 1.29 is 0 Å². The highest BCUT2D eigenvalue weighted by Crippen LogP contribution is 2.26. The van der Waals surface area contributed by atoms with Gasteiger partial charge in [0, 0.05) is 13.0 Å². The van der Waals surface area contributed by atoms with Gasteiger partial charge in [0.15, 0.2) is 0 Å². The first-order valence-corrected chi connectivity index (χ1v) is 8.42. The molecule has 0 saturated carbocycles. The second kappa shape index (κ2) is 7.28. The lowest BCUT2D eigenvalue weighted by atomic mass is 10.1. The lowest BCUT2D eigenvalue weighted by molar-refractivity contribution is 0.495. The van der Waals surface area contributed by atoms with Crippen LogP contribution >= 0.6 is 27.7 Å². The minimum Gasteiger partial charge on any atom is -0.308 e. The molecule has 1 unspecified atom stereocenters. The van der Waals surface area contributed by atoms with Crippen LogP contribution in [0.3, 0.4) is 0 Å². The van der Waals surface area contributed by atoms with E-state index in [1.165, 1.54) is 17.4 Å². The molecule has 0 fully saturated rings. The average molecular weight is 358 g/mol. The highest BCUT2D eigenvalue weighted by atomic mass is 79.9. The maximum absolute atomic E-state index is 4.55. The van der Waals surface area contributed by atoms with E-state index in [1.807, 2.05) is 13.1 Å². The van der Waals surface area contributed by atoms with Gasteiger partial charge in [-0.15, -0.1) is 0 Å². The van der Waals surface area contributed by atoms with Crippen LogP contribution in [0.5, 0.6) is 0 Å². The average Bonchev–Trinajstić information content (AvgIpc) is 3.06. The zero-order valence-corrected chi connectivity index (χ0v) is 14.5. The molecule has 0 amide bonds. The minimum atomic E-state index is 0.186. The summed E-state index contributed by atoms with van der Waals surface area (Å²) in [5.41, 5.74) is 3.26. The smallest absolute Gasteiger partial charge is 0.0916 e. The van der Waals surface area contributed by atoms with Crippen molar-refractivity contribution >= 4 is 27.7 Å². The van der Waals surface area contributed by atoms with Crippen LogP contribution in [-0.4, -0.2) is 25.1 Å². The van der Waals surface area contributed by atoms with E-state index in [0.29, 0.717) is 0 Å². The lowest BCUT2D eigenvalue weighted by Crippen LogP contribution is -2.25. The molecule has 0 aromatic carbocycles. The minimum absolute atomic E-state index is 0.186. The summed E-state index contributed by atoms with van der Waals surface area (Å²) in [5.74, 6) is 0. The van der Waals surface area contributed by atoms with Gasteiger partial charge in [-0.2, -0.15) is 13.8 Å². The number of aryl methyl sites for hydroxylation is 2. The molecule has 0 radical (unpaired) electrons. The molecule has 7 heteroatoms. The van der Waals surface area contributed by atoms with Crippen LogP contribution in [-0.2, 0) is 13.0 Å². The molecule has 2 heterocycles. The van der Waals surface area contributed by atoms with Crippen LogP contribution < -0.4 is 5.32 Å². The summed E-state index contributed by atoms with van der Waals surface area (Å²) < 4.78 is 11.7. The van der Waals surface area contributed by atoms with Gasteiger partial charge < -0.3 is 5.32 Å². The topological polar surface area (TPSA) is 55.6 Å². The maximum atomic E-state index is 4.55. The van der Waals surface area contributed by atoms with Crippen LogP contribution in [0.1, 0.15) is 43.4 Å². The third-order valence-electron chi connectivity index (χ3n) is 3.23. The standard InChI is InChI=1S/C13H20BrN5S/c1-4-6-15-10(11-8-16-20-18-11)7-12-13(14)9(3)17-19(12)5-2/h8,10,15H,4-7H2,1-3H3. The van der Waals surface area contributed by atoms with Gasteiger partial charge in [0.1, 0.15) is 0 Å². The van der Waals surface area contributed by atoms with Crippen LogP contribution in [0.25, 0.3) is 0 Å². The van der Waals surface area contributed by atoms with E-state index in [0.717, 1.165) is 41.8 Å². The summed E-state index contributed by atoms with van der Waals surface area (Å²) in [7, 11) is 0. The van der Waals surface area contributed by atoms with E-state index >= 15 is 0 Å². The van der Waals surface area contributed by atoms with Gasteiger partial charge in [-0.1, -0.05) is 6.92 Å². The number of nitrogens with zero attached hydrogens (tertiary/aromatic N) is 4. The molecule has 0 bridgehead atoms. The Labute approximate surface area is 132 Å². The van der Waals surface area contributed by atoms with E-state index in [1.54, 1.807) is 0 Å². The van der Waals surface area contributed by atoms with Gasteiger partial charge in [-0.25, -0.2) is 0 Å². The Morgan fingerprint density at radius 3 is 2.85 bits per heavy atom. The Morgan fingerprint density at radius 2 is 2.25 bits per heavy atom. The summed E-state index contributed by atoms with van der Waals surface area (Å²) in [5, 5.41) is 8.10. The van der Waals surface area contributed by atoms with E-state index in [4.69, 9.17) is 0 Å². The second-order valence-corrected chi connectivity index (χ2v) is 6.05. The van der Waals surface area contributed by atoms with Gasteiger partial charge in [-0.3, -0.25) is 4.68 Å². The summed E-state index contributed by atoms with van der Waals surface area (Å²) in [4.78, 5) is 0. The van der Waals surface area contributed by atoms with Crippen LogP contribution in [0.15, 0.2) is 10.7 Å². The molecule has 0 aliphatic carbocycles. The monoisotopic (exact) mass is 357 g/mol. The first-order valence-electron chi connectivity index (χ1n) is 6.89. The molecule has 0 spiro atoms. The molecular formula is C13H20BrN5S. The summed E-state index contributed by atoms with van der Waals surface area (Å²) in [6, 6.07) is 0.186. The van der Waals surface area contributed by atoms with E-state index in [9.17, 15) is 0 Å². The van der Waals surface area contributed by atoms with Crippen molar-refractivity contribution in [1.82, 2.24) is 23.8 Å². The molecule has 20 heavy (non-hydrogen) atoms. The van der Waals surface area contributed by atoms with Crippen molar-refractivity contribution in [3.63, 3.8) is 0 Å². The van der Waals surface area contributed by atoms with Crippen LogP contribution in [0, 0.1) is 6.92 Å². The molecule has 2 rings (SSSR count). The van der Waals surface area contributed by atoms with E-state index in [2.05, 4.69) is 53.6 Å². The van der Waals surface area contributed by atoms with Crippen molar-refractivity contribution in [2.45, 2.75) is 46.2 Å². The number of nitrogens with one attached hydrogen (secondary N) is 1. The molecule has 1 atom stereocenters. The normalized spacial score (nSPS) is 12.8. The van der Waals surface area contributed by atoms with Crippen molar-refractivity contribution in [1.29, 1.82) is 0 Å². The molecule has 5 nitrogen and oxygen atoms in total. The highest BCUT2D eigenvalue weighted by molar-refractivity contribution is 9.10. The Bertz CT molecular complexity index is 537. The fourth-order valence-electron chi connectivity index (χ4n) is 2.18. The number of hydrogen-bond acceptors (Lipinski definition) is 5. The zero-order chi connectivity index (χ0) is 14.5.